The Bertz CT molecular complexity index is 310. The summed E-state index contributed by atoms with van der Waals surface area (Å²) >= 11 is 5.45. The molecule has 2 nitrogen and oxygen atoms in total. The Morgan fingerprint density at radius 1 is 1.43 bits per heavy atom. The summed E-state index contributed by atoms with van der Waals surface area (Å²) in [5.74, 6) is -1.50. The summed E-state index contributed by atoms with van der Waals surface area (Å²) in [6, 6.07) is 1.22. The molecule has 78 valence electrons. The van der Waals surface area contributed by atoms with E-state index in [1.807, 2.05) is 0 Å². The van der Waals surface area contributed by atoms with Crippen LogP contribution in [0.25, 0.3) is 0 Å². The maximum Gasteiger partial charge on any atom is 0.132 e. The number of halogens is 3. The van der Waals surface area contributed by atoms with Crippen LogP contribution in [0.5, 0.6) is 0 Å². The molecule has 0 bridgehead atoms. The molecule has 1 rings (SSSR count). The number of rotatable bonds is 3. The Morgan fingerprint density at radius 2 is 1.93 bits per heavy atom. The lowest BCUT2D eigenvalue weighted by Crippen LogP contribution is -2.19. The first-order valence-electron chi connectivity index (χ1n) is 3.95. The summed E-state index contributed by atoms with van der Waals surface area (Å²) in [6.45, 7) is 0.0511. The van der Waals surface area contributed by atoms with E-state index in [1.165, 1.54) is 7.11 Å². The van der Waals surface area contributed by atoms with Crippen LogP contribution in [-0.2, 0) is 4.74 Å². The monoisotopic (exact) mass is 221 g/mol. The van der Waals surface area contributed by atoms with E-state index in [0.717, 1.165) is 12.1 Å². The van der Waals surface area contributed by atoms with Gasteiger partial charge in [0.1, 0.15) is 11.6 Å². The van der Waals surface area contributed by atoms with Crippen LogP contribution in [0.4, 0.5) is 8.78 Å². The molecular weight excluding hydrogens is 212 g/mol. The zero-order valence-corrected chi connectivity index (χ0v) is 8.31. The highest BCUT2D eigenvalue weighted by atomic mass is 35.5. The van der Waals surface area contributed by atoms with Crippen molar-refractivity contribution in [1.29, 1.82) is 0 Å². The van der Waals surface area contributed by atoms with Crippen molar-refractivity contribution in [2.45, 2.75) is 6.04 Å². The summed E-state index contributed by atoms with van der Waals surface area (Å²) in [5, 5.41) is 0.00775. The van der Waals surface area contributed by atoms with Crippen molar-refractivity contribution in [3.8, 4) is 0 Å². The third kappa shape index (κ3) is 2.41. The summed E-state index contributed by atoms with van der Waals surface area (Å²) in [6.07, 6.45) is 0. The molecule has 0 aliphatic carbocycles. The predicted molar refractivity (Wildman–Crippen MR) is 50.2 cm³/mol. The van der Waals surface area contributed by atoms with Gasteiger partial charge in [-0.25, -0.2) is 8.78 Å². The van der Waals surface area contributed by atoms with Crippen LogP contribution >= 0.6 is 11.6 Å². The molecular formula is C9H10ClF2NO. The molecule has 0 spiro atoms. The minimum absolute atomic E-state index is 0.00775. The van der Waals surface area contributed by atoms with Gasteiger partial charge in [-0.15, -0.1) is 0 Å². The van der Waals surface area contributed by atoms with E-state index < -0.39 is 17.7 Å². The summed E-state index contributed by atoms with van der Waals surface area (Å²) in [5.41, 5.74) is 5.31. The molecule has 1 aromatic rings. The third-order valence-electron chi connectivity index (χ3n) is 1.76. The molecule has 2 N–H and O–H groups in total. The zero-order chi connectivity index (χ0) is 10.7. The first-order valence-corrected chi connectivity index (χ1v) is 4.33. The van der Waals surface area contributed by atoms with Crippen molar-refractivity contribution in [2.75, 3.05) is 13.7 Å². The minimum Gasteiger partial charge on any atom is -0.383 e. The Morgan fingerprint density at radius 3 is 2.36 bits per heavy atom. The van der Waals surface area contributed by atoms with Crippen LogP contribution in [0.2, 0.25) is 5.02 Å². The third-order valence-corrected chi connectivity index (χ3v) is 1.98. The smallest absolute Gasteiger partial charge is 0.132 e. The van der Waals surface area contributed by atoms with Gasteiger partial charge in [0.2, 0.25) is 0 Å². The molecule has 0 aromatic heterocycles. The van der Waals surface area contributed by atoms with Gasteiger partial charge in [0.25, 0.3) is 0 Å². The minimum atomic E-state index is -0.822. The zero-order valence-electron chi connectivity index (χ0n) is 7.56. The SMILES string of the molecule is COC[C@H](N)c1c(F)cc(Cl)cc1F. The quantitative estimate of drug-likeness (QED) is 0.850. The van der Waals surface area contributed by atoms with E-state index >= 15 is 0 Å². The normalized spacial score (nSPS) is 12.9. The van der Waals surface area contributed by atoms with Crippen LogP contribution < -0.4 is 5.73 Å². The molecule has 0 heterocycles. The van der Waals surface area contributed by atoms with Crippen LogP contribution in [0.15, 0.2) is 12.1 Å². The average molecular weight is 222 g/mol. The molecule has 0 unspecified atom stereocenters. The Labute approximate surface area is 85.6 Å². The first kappa shape index (κ1) is 11.4. The summed E-state index contributed by atoms with van der Waals surface area (Å²) < 4.78 is 31.2. The number of ether oxygens (including phenoxy) is 1. The van der Waals surface area contributed by atoms with Gasteiger partial charge in [-0.1, -0.05) is 11.6 Å². The van der Waals surface area contributed by atoms with E-state index in [0.29, 0.717) is 0 Å². The second kappa shape index (κ2) is 4.68. The van der Waals surface area contributed by atoms with Gasteiger partial charge < -0.3 is 10.5 Å². The van der Waals surface area contributed by atoms with E-state index in [9.17, 15) is 8.78 Å². The van der Waals surface area contributed by atoms with Gasteiger partial charge in [-0.3, -0.25) is 0 Å². The lowest BCUT2D eigenvalue weighted by Gasteiger charge is -2.12. The van der Waals surface area contributed by atoms with Crippen LogP contribution in [-0.4, -0.2) is 13.7 Å². The molecule has 0 aliphatic rings. The fourth-order valence-corrected chi connectivity index (χ4v) is 1.36. The molecule has 0 aliphatic heterocycles. The molecule has 0 fully saturated rings. The predicted octanol–water partition coefficient (Wildman–Crippen LogP) is 2.26. The van der Waals surface area contributed by atoms with E-state index in [2.05, 4.69) is 0 Å². The standard InChI is InChI=1S/C9H10ClF2NO/c1-14-4-8(13)9-6(11)2-5(10)3-7(9)12/h2-3,8H,4,13H2,1H3/t8-/m0/s1. The number of nitrogens with two attached hydrogens (primary N) is 1. The van der Waals surface area contributed by atoms with Gasteiger partial charge in [-0.05, 0) is 12.1 Å². The fraction of sp³-hybridized carbons (Fsp3) is 0.333. The highest BCUT2D eigenvalue weighted by Gasteiger charge is 2.17. The summed E-state index contributed by atoms with van der Waals surface area (Å²) in [7, 11) is 1.41. The van der Waals surface area contributed by atoms with Gasteiger partial charge in [0.05, 0.1) is 12.6 Å². The Hall–Kier alpha value is -0.710. The Balaban J connectivity index is 3.07. The van der Waals surface area contributed by atoms with Gasteiger partial charge in [0.15, 0.2) is 0 Å². The second-order valence-electron chi connectivity index (χ2n) is 2.84. The van der Waals surface area contributed by atoms with Gasteiger partial charge in [0, 0.05) is 17.7 Å². The summed E-state index contributed by atoms with van der Waals surface area (Å²) in [4.78, 5) is 0. The van der Waals surface area contributed by atoms with Crippen molar-refractivity contribution in [1.82, 2.24) is 0 Å². The van der Waals surface area contributed by atoms with Crippen LogP contribution in [0, 0.1) is 11.6 Å². The maximum atomic E-state index is 13.2. The molecule has 0 saturated heterocycles. The number of hydrogen-bond acceptors (Lipinski definition) is 2. The largest absolute Gasteiger partial charge is 0.383 e. The molecule has 1 aromatic carbocycles. The highest BCUT2D eigenvalue weighted by Crippen LogP contribution is 2.23. The van der Waals surface area contributed by atoms with Gasteiger partial charge >= 0.3 is 0 Å². The lowest BCUT2D eigenvalue weighted by atomic mass is 10.1. The molecule has 0 radical (unpaired) electrons. The topological polar surface area (TPSA) is 35.2 Å². The number of benzene rings is 1. The van der Waals surface area contributed by atoms with Crippen molar-refractivity contribution in [3.05, 3.63) is 34.4 Å². The van der Waals surface area contributed by atoms with E-state index in [-0.39, 0.29) is 17.2 Å². The molecule has 5 heteroatoms. The molecule has 0 amide bonds. The number of hydrogen-bond donors (Lipinski definition) is 1. The van der Waals surface area contributed by atoms with Crippen molar-refractivity contribution in [2.24, 2.45) is 5.73 Å². The molecule has 0 saturated carbocycles. The second-order valence-corrected chi connectivity index (χ2v) is 3.28. The lowest BCUT2D eigenvalue weighted by molar-refractivity contribution is 0.178. The van der Waals surface area contributed by atoms with Crippen molar-refractivity contribution < 1.29 is 13.5 Å². The molecule has 14 heavy (non-hydrogen) atoms. The van der Waals surface area contributed by atoms with Crippen LogP contribution in [0.1, 0.15) is 11.6 Å². The fourth-order valence-electron chi connectivity index (χ4n) is 1.17. The highest BCUT2D eigenvalue weighted by molar-refractivity contribution is 6.30. The van der Waals surface area contributed by atoms with Crippen LogP contribution in [0.3, 0.4) is 0 Å². The molecule has 1 atom stereocenters. The van der Waals surface area contributed by atoms with Crippen molar-refractivity contribution >= 4 is 11.6 Å². The number of methoxy groups -OCH3 is 1. The van der Waals surface area contributed by atoms with E-state index in [1.54, 1.807) is 0 Å². The first-order chi connectivity index (χ1) is 6.56. The van der Waals surface area contributed by atoms with E-state index in [4.69, 9.17) is 22.1 Å². The van der Waals surface area contributed by atoms with Gasteiger partial charge in [-0.2, -0.15) is 0 Å². The Kier molecular flexibility index (Phi) is 3.80. The average Bonchev–Trinajstić information content (AvgIpc) is 2.01. The maximum absolute atomic E-state index is 13.2. The van der Waals surface area contributed by atoms with Crippen molar-refractivity contribution in [3.63, 3.8) is 0 Å².